The lowest BCUT2D eigenvalue weighted by Gasteiger charge is -2.09. The van der Waals surface area contributed by atoms with Crippen molar-refractivity contribution in [3.05, 3.63) is 46.1 Å². The van der Waals surface area contributed by atoms with E-state index in [0.717, 1.165) is 5.52 Å². The fourth-order valence-electron chi connectivity index (χ4n) is 2.85. The summed E-state index contributed by atoms with van der Waals surface area (Å²) in [5, 5.41) is 1.21. The molecule has 0 bridgehead atoms. The van der Waals surface area contributed by atoms with E-state index in [1.807, 2.05) is 0 Å². The summed E-state index contributed by atoms with van der Waals surface area (Å²) in [7, 11) is 2.13. The zero-order valence-corrected chi connectivity index (χ0v) is 15.0. The molecule has 0 unspecified atom stereocenters. The Morgan fingerprint density at radius 1 is 1.09 bits per heavy atom. The number of fused-ring (bicyclic) bond motifs is 1. The van der Waals surface area contributed by atoms with E-state index in [-0.39, 0.29) is 0 Å². The van der Waals surface area contributed by atoms with Crippen LogP contribution in [0.4, 0.5) is 0 Å². The van der Waals surface area contributed by atoms with Gasteiger partial charge in [-0.05, 0) is 38.0 Å². The van der Waals surface area contributed by atoms with E-state index in [9.17, 15) is 0 Å². The second-order valence-corrected chi connectivity index (χ2v) is 7.54. The first-order valence-corrected chi connectivity index (χ1v) is 8.57. The summed E-state index contributed by atoms with van der Waals surface area (Å²) < 4.78 is 3.49. The summed E-state index contributed by atoms with van der Waals surface area (Å²) in [4.78, 5) is 4.82. The van der Waals surface area contributed by atoms with Crippen molar-refractivity contribution in [1.29, 1.82) is 0 Å². The molecule has 0 fully saturated rings. The predicted molar refractivity (Wildman–Crippen MR) is 94.5 cm³/mol. The summed E-state index contributed by atoms with van der Waals surface area (Å²) in [5.41, 5.74) is 7.65. The van der Waals surface area contributed by atoms with Gasteiger partial charge in [0.25, 0.3) is 0 Å². The fourth-order valence-corrected chi connectivity index (χ4v) is 3.88. The maximum atomic E-state index is 4.82. The van der Waals surface area contributed by atoms with Gasteiger partial charge in [-0.25, -0.2) is 4.98 Å². The largest absolute Gasteiger partial charge is 0.240 e. The number of pyridine rings is 1. The highest BCUT2D eigenvalue weighted by Gasteiger charge is 2.18. The number of hydrogen-bond donors (Lipinski definition) is 0. The van der Waals surface area contributed by atoms with Crippen molar-refractivity contribution in [3.8, 4) is 11.3 Å². The minimum Gasteiger partial charge on any atom is -0.240 e. The molecule has 0 radical (unpaired) electrons. The van der Waals surface area contributed by atoms with Crippen LogP contribution in [-0.4, -0.2) is 4.98 Å². The standard InChI is InChI=1S/C19H23N2S/c1-11(2)19-20-16-9-17(21(6)10-18(16)22-19)15-8-12(3)7-13(4)14(15)5/h7-11H,1-6H3/q+1. The molecule has 0 spiro atoms. The smallest absolute Gasteiger partial charge is 0.214 e. The zero-order valence-electron chi connectivity index (χ0n) is 14.2. The summed E-state index contributed by atoms with van der Waals surface area (Å²) >= 11 is 1.80. The third-order valence-electron chi connectivity index (χ3n) is 4.24. The second-order valence-electron chi connectivity index (χ2n) is 6.48. The molecular weight excluding hydrogens is 288 g/mol. The molecule has 0 aliphatic rings. The Morgan fingerprint density at radius 2 is 1.82 bits per heavy atom. The van der Waals surface area contributed by atoms with Crippen LogP contribution in [0, 0.1) is 20.8 Å². The highest BCUT2D eigenvalue weighted by atomic mass is 32.1. The van der Waals surface area contributed by atoms with Gasteiger partial charge in [0.05, 0.1) is 10.5 Å². The van der Waals surface area contributed by atoms with Crippen LogP contribution < -0.4 is 4.57 Å². The molecule has 0 aliphatic heterocycles. The topological polar surface area (TPSA) is 16.8 Å². The monoisotopic (exact) mass is 311 g/mol. The van der Waals surface area contributed by atoms with Crippen molar-refractivity contribution < 1.29 is 4.57 Å². The molecule has 3 aromatic rings. The van der Waals surface area contributed by atoms with Crippen LogP contribution in [0.1, 0.15) is 41.5 Å². The maximum Gasteiger partial charge on any atom is 0.214 e. The molecule has 0 aliphatic carbocycles. The predicted octanol–water partition coefficient (Wildman–Crippen LogP) is 4.84. The molecule has 0 saturated heterocycles. The average Bonchev–Trinajstić information content (AvgIpc) is 2.85. The minimum absolute atomic E-state index is 0.481. The van der Waals surface area contributed by atoms with Crippen LogP contribution in [0.15, 0.2) is 24.4 Å². The molecular formula is C19H23N2S+. The Balaban J connectivity index is 2.25. The highest BCUT2D eigenvalue weighted by molar-refractivity contribution is 7.18. The van der Waals surface area contributed by atoms with Gasteiger partial charge in [0, 0.05) is 17.5 Å². The third-order valence-corrected chi connectivity index (χ3v) is 5.55. The van der Waals surface area contributed by atoms with Gasteiger partial charge < -0.3 is 0 Å². The molecule has 2 heterocycles. The number of hydrogen-bond acceptors (Lipinski definition) is 2. The Labute approximate surface area is 136 Å². The van der Waals surface area contributed by atoms with Gasteiger partial charge in [-0.2, -0.15) is 4.57 Å². The molecule has 0 atom stereocenters. The van der Waals surface area contributed by atoms with Gasteiger partial charge in [0.1, 0.15) is 11.7 Å². The number of nitrogens with zero attached hydrogens (tertiary/aromatic N) is 2. The zero-order chi connectivity index (χ0) is 16.0. The fraction of sp³-hybridized carbons (Fsp3) is 0.368. The number of benzene rings is 1. The van der Waals surface area contributed by atoms with Crippen molar-refractivity contribution in [3.63, 3.8) is 0 Å². The van der Waals surface area contributed by atoms with Crippen LogP contribution in [0.3, 0.4) is 0 Å². The van der Waals surface area contributed by atoms with Crippen LogP contribution in [-0.2, 0) is 7.05 Å². The number of aryl methyl sites for hydroxylation is 3. The van der Waals surface area contributed by atoms with Crippen molar-refractivity contribution in [1.82, 2.24) is 4.98 Å². The molecule has 0 N–H and O–H groups in total. The molecule has 0 saturated carbocycles. The second kappa shape index (κ2) is 5.47. The van der Waals surface area contributed by atoms with Crippen molar-refractivity contribution in [2.24, 2.45) is 7.05 Å². The molecule has 2 nitrogen and oxygen atoms in total. The summed E-state index contributed by atoms with van der Waals surface area (Å²) in [6.45, 7) is 11.0. The number of aromatic nitrogens is 2. The lowest BCUT2D eigenvalue weighted by atomic mass is 9.97. The molecule has 2 aromatic heterocycles. The maximum absolute atomic E-state index is 4.82. The molecule has 3 rings (SSSR count). The quantitative estimate of drug-likeness (QED) is 0.619. The van der Waals surface area contributed by atoms with Gasteiger partial charge in [-0.15, -0.1) is 11.3 Å². The first-order valence-electron chi connectivity index (χ1n) is 7.75. The Bertz CT molecular complexity index is 859. The van der Waals surface area contributed by atoms with E-state index in [1.54, 1.807) is 11.3 Å². The molecule has 22 heavy (non-hydrogen) atoms. The van der Waals surface area contributed by atoms with Crippen LogP contribution in [0.25, 0.3) is 21.5 Å². The molecule has 1 aromatic carbocycles. The van der Waals surface area contributed by atoms with Crippen LogP contribution in [0.2, 0.25) is 0 Å². The number of thiazole rings is 1. The minimum atomic E-state index is 0.481. The van der Waals surface area contributed by atoms with E-state index in [2.05, 4.69) is 70.6 Å². The summed E-state index contributed by atoms with van der Waals surface area (Å²) in [6, 6.07) is 6.76. The first-order chi connectivity index (χ1) is 10.4. The summed E-state index contributed by atoms with van der Waals surface area (Å²) in [6.07, 6.45) is 2.21. The van der Waals surface area contributed by atoms with Gasteiger partial charge in [-0.3, -0.25) is 0 Å². The van der Waals surface area contributed by atoms with E-state index >= 15 is 0 Å². The Hall–Kier alpha value is -1.74. The van der Waals surface area contributed by atoms with Crippen LogP contribution >= 0.6 is 11.3 Å². The molecule has 0 amide bonds. The molecule has 114 valence electrons. The van der Waals surface area contributed by atoms with Crippen molar-refractivity contribution >= 4 is 21.6 Å². The van der Waals surface area contributed by atoms with Crippen LogP contribution in [0.5, 0.6) is 0 Å². The van der Waals surface area contributed by atoms with Crippen molar-refractivity contribution in [2.45, 2.75) is 40.5 Å². The van der Waals surface area contributed by atoms with Gasteiger partial charge in [0.15, 0.2) is 6.20 Å². The first kappa shape index (κ1) is 15.2. The number of rotatable bonds is 2. The van der Waals surface area contributed by atoms with Gasteiger partial charge in [-0.1, -0.05) is 25.5 Å². The molecule has 3 heteroatoms. The highest BCUT2D eigenvalue weighted by Crippen LogP contribution is 2.30. The SMILES string of the molecule is Cc1cc(C)c(C)c(-c2cc3nc(C(C)C)sc3c[n+]2C)c1. The van der Waals surface area contributed by atoms with E-state index in [1.165, 1.54) is 37.7 Å². The Kier molecular flexibility index (Phi) is 3.77. The summed E-state index contributed by atoms with van der Waals surface area (Å²) in [5.74, 6) is 0.481. The lowest BCUT2D eigenvalue weighted by Crippen LogP contribution is -2.30. The Morgan fingerprint density at radius 3 is 2.50 bits per heavy atom. The average molecular weight is 311 g/mol. The third kappa shape index (κ3) is 2.54. The van der Waals surface area contributed by atoms with E-state index < -0.39 is 0 Å². The lowest BCUT2D eigenvalue weighted by molar-refractivity contribution is -0.659. The van der Waals surface area contributed by atoms with E-state index in [4.69, 9.17) is 4.98 Å². The van der Waals surface area contributed by atoms with E-state index in [0.29, 0.717) is 5.92 Å². The van der Waals surface area contributed by atoms with Gasteiger partial charge in [0.2, 0.25) is 5.69 Å². The van der Waals surface area contributed by atoms with Gasteiger partial charge >= 0.3 is 0 Å². The normalized spacial score (nSPS) is 11.6. The van der Waals surface area contributed by atoms with Crippen molar-refractivity contribution in [2.75, 3.05) is 0 Å².